The molecule has 16 heavy (non-hydrogen) atoms. The monoisotopic (exact) mass is 257 g/mol. The van der Waals surface area contributed by atoms with Crippen LogP contribution in [0.3, 0.4) is 0 Å². The first-order chi connectivity index (χ1) is 7.63. The van der Waals surface area contributed by atoms with Crippen LogP contribution in [0.5, 0.6) is 0 Å². The van der Waals surface area contributed by atoms with E-state index in [-0.39, 0.29) is 0 Å². The van der Waals surface area contributed by atoms with Crippen molar-refractivity contribution in [3.05, 3.63) is 29.3 Å². The quantitative estimate of drug-likeness (QED) is 0.767. The first-order valence-corrected chi connectivity index (χ1v) is 7.03. The SMILES string of the molecule is CCNC(C)CC(C)Sc1ccccc1Cl. The maximum absolute atomic E-state index is 6.13. The Bertz CT molecular complexity index is 317. The summed E-state index contributed by atoms with van der Waals surface area (Å²) in [6.45, 7) is 7.65. The lowest BCUT2D eigenvalue weighted by Crippen LogP contribution is -2.28. The molecule has 3 heteroatoms. The molecule has 1 nitrogen and oxygen atoms in total. The molecular formula is C13H20ClNS. The van der Waals surface area contributed by atoms with Crippen LogP contribution in [0.15, 0.2) is 29.2 Å². The molecule has 0 bridgehead atoms. The van der Waals surface area contributed by atoms with Crippen LogP contribution in [-0.2, 0) is 0 Å². The highest BCUT2D eigenvalue weighted by molar-refractivity contribution is 8.00. The van der Waals surface area contributed by atoms with Gasteiger partial charge in [-0.05, 0) is 32.0 Å². The van der Waals surface area contributed by atoms with Gasteiger partial charge in [0, 0.05) is 16.2 Å². The number of rotatable bonds is 6. The highest BCUT2D eigenvalue weighted by atomic mass is 35.5. The van der Waals surface area contributed by atoms with Gasteiger partial charge in [-0.25, -0.2) is 0 Å². The van der Waals surface area contributed by atoms with Gasteiger partial charge in [0.1, 0.15) is 0 Å². The smallest absolute Gasteiger partial charge is 0.0541 e. The van der Waals surface area contributed by atoms with Crippen LogP contribution in [0.1, 0.15) is 27.2 Å². The normalized spacial score (nSPS) is 14.8. The van der Waals surface area contributed by atoms with Crippen molar-refractivity contribution in [2.24, 2.45) is 0 Å². The summed E-state index contributed by atoms with van der Waals surface area (Å²) < 4.78 is 0. The van der Waals surface area contributed by atoms with Crippen LogP contribution >= 0.6 is 23.4 Å². The Hall–Kier alpha value is -0.180. The van der Waals surface area contributed by atoms with Crippen molar-refractivity contribution in [2.75, 3.05) is 6.54 Å². The fourth-order valence-corrected chi connectivity index (χ4v) is 3.16. The van der Waals surface area contributed by atoms with Gasteiger partial charge in [-0.1, -0.05) is 37.6 Å². The van der Waals surface area contributed by atoms with Gasteiger partial charge in [0.2, 0.25) is 0 Å². The third-order valence-electron chi connectivity index (χ3n) is 2.40. The van der Waals surface area contributed by atoms with Crippen molar-refractivity contribution in [1.82, 2.24) is 5.32 Å². The number of nitrogens with one attached hydrogen (secondary N) is 1. The Morgan fingerprint density at radius 3 is 2.62 bits per heavy atom. The lowest BCUT2D eigenvalue weighted by Gasteiger charge is -2.18. The van der Waals surface area contributed by atoms with Crippen molar-refractivity contribution in [1.29, 1.82) is 0 Å². The topological polar surface area (TPSA) is 12.0 Å². The third kappa shape index (κ3) is 4.77. The second-order valence-electron chi connectivity index (χ2n) is 4.05. The molecule has 0 saturated carbocycles. The van der Waals surface area contributed by atoms with Gasteiger partial charge in [-0.15, -0.1) is 11.8 Å². The van der Waals surface area contributed by atoms with Crippen LogP contribution in [0.2, 0.25) is 5.02 Å². The lowest BCUT2D eigenvalue weighted by molar-refractivity contribution is 0.530. The minimum Gasteiger partial charge on any atom is -0.314 e. The largest absolute Gasteiger partial charge is 0.314 e. The Morgan fingerprint density at radius 2 is 2.00 bits per heavy atom. The number of thioether (sulfide) groups is 1. The standard InChI is InChI=1S/C13H20ClNS/c1-4-15-10(2)9-11(3)16-13-8-6-5-7-12(13)14/h5-8,10-11,15H,4,9H2,1-3H3. The van der Waals surface area contributed by atoms with Crippen LogP contribution in [-0.4, -0.2) is 17.8 Å². The van der Waals surface area contributed by atoms with Crippen molar-refractivity contribution in [2.45, 2.75) is 43.4 Å². The van der Waals surface area contributed by atoms with Gasteiger partial charge in [0.05, 0.1) is 5.02 Å². The Labute approximate surface area is 108 Å². The molecular weight excluding hydrogens is 238 g/mol. The van der Waals surface area contributed by atoms with E-state index < -0.39 is 0 Å². The highest BCUT2D eigenvalue weighted by Crippen LogP contribution is 2.31. The highest BCUT2D eigenvalue weighted by Gasteiger charge is 2.10. The predicted octanol–water partition coefficient (Wildman–Crippen LogP) is 4.21. The number of hydrogen-bond donors (Lipinski definition) is 1. The zero-order valence-electron chi connectivity index (χ0n) is 10.2. The molecule has 0 amide bonds. The average molecular weight is 258 g/mol. The molecule has 0 saturated heterocycles. The summed E-state index contributed by atoms with van der Waals surface area (Å²) in [6, 6.07) is 8.61. The molecule has 2 unspecified atom stereocenters. The molecule has 0 fully saturated rings. The number of halogens is 1. The Balaban J connectivity index is 2.45. The fraction of sp³-hybridized carbons (Fsp3) is 0.538. The average Bonchev–Trinajstić information content (AvgIpc) is 2.21. The molecule has 2 atom stereocenters. The van der Waals surface area contributed by atoms with E-state index in [1.165, 1.54) is 4.90 Å². The fourth-order valence-electron chi connectivity index (χ4n) is 1.73. The molecule has 0 aromatic heterocycles. The van der Waals surface area contributed by atoms with Gasteiger partial charge in [0.25, 0.3) is 0 Å². The lowest BCUT2D eigenvalue weighted by atomic mass is 10.2. The van der Waals surface area contributed by atoms with E-state index in [1.54, 1.807) is 0 Å². The van der Waals surface area contributed by atoms with E-state index in [0.717, 1.165) is 18.0 Å². The molecule has 1 aromatic rings. The number of hydrogen-bond acceptors (Lipinski definition) is 2. The zero-order chi connectivity index (χ0) is 12.0. The summed E-state index contributed by atoms with van der Waals surface area (Å²) in [5, 5.41) is 4.87. The van der Waals surface area contributed by atoms with Gasteiger partial charge >= 0.3 is 0 Å². The van der Waals surface area contributed by atoms with Crippen LogP contribution in [0, 0.1) is 0 Å². The van der Waals surface area contributed by atoms with Gasteiger partial charge in [-0.2, -0.15) is 0 Å². The summed E-state index contributed by atoms with van der Waals surface area (Å²) in [5.41, 5.74) is 0. The molecule has 1 N–H and O–H groups in total. The zero-order valence-corrected chi connectivity index (χ0v) is 11.7. The van der Waals surface area contributed by atoms with Gasteiger partial charge in [0.15, 0.2) is 0 Å². The molecule has 0 radical (unpaired) electrons. The third-order valence-corrected chi connectivity index (χ3v) is 4.05. The van der Waals surface area contributed by atoms with Crippen LogP contribution < -0.4 is 5.32 Å². The second-order valence-corrected chi connectivity index (χ2v) is 5.94. The molecule has 0 aliphatic heterocycles. The predicted molar refractivity (Wildman–Crippen MR) is 74.5 cm³/mol. The molecule has 1 rings (SSSR count). The molecule has 0 heterocycles. The van der Waals surface area contributed by atoms with E-state index >= 15 is 0 Å². The van der Waals surface area contributed by atoms with E-state index in [2.05, 4.69) is 32.2 Å². The minimum absolute atomic E-state index is 0.565. The summed E-state index contributed by atoms with van der Waals surface area (Å²) in [5.74, 6) is 0. The summed E-state index contributed by atoms with van der Waals surface area (Å²) in [6.07, 6.45) is 1.16. The molecule has 90 valence electrons. The summed E-state index contributed by atoms with van der Waals surface area (Å²) in [4.78, 5) is 1.18. The van der Waals surface area contributed by atoms with Gasteiger partial charge < -0.3 is 5.32 Å². The van der Waals surface area contributed by atoms with Crippen molar-refractivity contribution >= 4 is 23.4 Å². The first-order valence-electron chi connectivity index (χ1n) is 5.78. The maximum Gasteiger partial charge on any atom is 0.0541 e. The van der Waals surface area contributed by atoms with E-state index in [0.29, 0.717) is 11.3 Å². The Morgan fingerprint density at radius 1 is 1.31 bits per heavy atom. The summed E-state index contributed by atoms with van der Waals surface area (Å²) >= 11 is 7.98. The van der Waals surface area contributed by atoms with E-state index in [1.807, 2.05) is 30.0 Å². The van der Waals surface area contributed by atoms with Crippen molar-refractivity contribution in [3.63, 3.8) is 0 Å². The van der Waals surface area contributed by atoms with E-state index in [9.17, 15) is 0 Å². The molecule has 0 aliphatic carbocycles. The molecule has 0 aliphatic rings. The minimum atomic E-state index is 0.565. The molecule has 0 spiro atoms. The number of benzene rings is 1. The Kier molecular flexibility index (Phi) is 6.25. The van der Waals surface area contributed by atoms with Crippen molar-refractivity contribution < 1.29 is 0 Å². The van der Waals surface area contributed by atoms with Crippen LogP contribution in [0.25, 0.3) is 0 Å². The summed E-state index contributed by atoms with van der Waals surface area (Å²) in [7, 11) is 0. The van der Waals surface area contributed by atoms with Gasteiger partial charge in [-0.3, -0.25) is 0 Å². The molecule has 1 aromatic carbocycles. The second kappa shape index (κ2) is 7.21. The first kappa shape index (κ1) is 13.9. The van der Waals surface area contributed by atoms with E-state index in [4.69, 9.17) is 11.6 Å². The van der Waals surface area contributed by atoms with Crippen molar-refractivity contribution in [3.8, 4) is 0 Å². The maximum atomic E-state index is 6.13. The van der Waals surface area contributed by atoms with Crippen LogP contribution in [0.4, 0.5) is 0 Å².